The van der Waals surface area contributed by atoms with E-state index in [9.17, 15) is 10.2 Å². The summed E-state index contributed by atoms with van der Waals surface area (Å²) < 4.78 is 0. The van der Waals surface area contributed by atoms with E-state index >= 15 is 0 Å². The third-order valence-corrected chi connectivity index (χ3v) is 2.19. The van der Waals surface area contributed by atoms with Gasteiger partial charge in [0, 0.05) is 11.6 Å². The molecule has 0 saturated carbocycles. The number of aromatic amines is 1. The molecule has 2 rings (SSSR count). The molecule has 1 aromatic carbocycles. The number of nitrogens with two attached hydrogens (primary N) is 1. The van der Waals surface area contributed by atoms with Crippen molar-refractivity contribution in [2.45, 2.75) is 6.92 Å². The van der Waals surface area contributed by atoms with Crippen LogP contribution >= 0.6 is 0 Å². The number of hydrogen-bond donors (Lipinski definition) is 4. The fourth-order valence-corrected chi connectivity index (χ4v) is 1.40. The van der Waals surface area contributed by atoms with Gasteiger partial charge in [0.1, 0.15) is 5.82 Å². The van der Waals surface area contributed by atoms with Gasteiger partial charge in [-0.15, -0.1) is 0 Å². The van der Waals surface area contributed by atoms with Gasteiger partial charge in [-0.25, -0.2) is 0 Å². The number of aromatic hydroxyl groups is 2. The molecule has 0 unspecified atom stereocenters. The average Bonchev–Trinajstić information content (AvgIpc) is 2.60. The Labute approximate surface area is 86.2 Å². The average molecular weight is 205 g/mol. The maximum Gasteiger partial charge on any atom is 0.160 e. The number of anilines is 1. The van der Waals surface area contributed by atoms with Crippen molar-refractivity contribution in [2.24, 2.45) is 0 Å². The molecule has 0 aliphatic heterocycles. The van der Waals surface area contributed by atoms with Crippen LogP contribution in [0.15, 0.2) is 18.2 Å². The molecular formula is C10H11N3O2. The summed E-state index contributed by atoms with van der Waals surface area (Å²) in [5, 5.41) is 25.3. The van der Waals surface area contributed by atoms with Gasteiger partial charge in [-0.2, -0.15) is 5.10 Å². The first kappa shape index (κ1) is 9.39. The van der Waals surface area contributed by atoms with Crippen LogP contribution in [-0.2, 0) is 0 Å². The maximum absolute atomic E-state index is 9.43. The summed E-state index contributed by atoms with van der Waals surface area (Å²) in [6.45, 7) is 1.71. The van der Waals surface area contributed by atoms with Crippen LogP contribution in [0.1, 0.15) is 5.56 Å². The number of hydrogen-bond acceptors (Lipinski definition) is 4. The summed E-state index contributed by atoms with van der Waals surface area (Å²) >= 11 is 0. The molecule has 0 atom stereocenters. The van der Waals surface area contributed by atoms with Crippen LogP contribution in [0.5, 0.6) is 11.5 Å². The fraction of sp³-hybridized carbons (Fsp3) is 0.100. The van der Waals surface area contributed by atoms with E-state index in [0.717, 1.165) is 5.56 Å². The number of phenols is 2. The number of nitrogens with zero attached hydrogens (tertiary/aromatic N) is 1. The molecule has 78 valence electrons. The van der Waals surface area contributed by atoms with E-state index in [2.05, 4.69) is 10.2 Å². The van der Waals surface area contributed by atoms with Gasteiger partial charge in [0.25, 0.3) is 0 Å². The number of nitrogens with one attached hydrogen (secondary N) is 1. The number of rotatable bonds is 1. The highest BCUT2D eigenvalue weighted by Gasteiger charge is 2.08. The van der Waals surface area contributed by atoms with Crippen LogP contribution in [-0.4, -0.2) is 20.4 Å². The Hall–Kier alpha value is -2.17. The van der Waals surface area contributed by atoms with Gasteiger partial charge < -0.3 is 15.9 Å². The molecule has 1 aromatic heterocycles. The molecule has 0 radical (unpaired) electrons. The third kappa shape index (κ3) is 1.59. The second-order valence-corrected chi connectivity index (χ2v) is 3.37. The molecule has 1 heterocycles. The molecule has 0 spiro atoms. The minimum absolute atomic E-state index is 0.105. The largest absolute Gasteiger partial charge is 0.504 e. The van der Waals surface area contributed by atoms with E-state index in [0.29, 0.717) is 17.1 Å². The zero-order chi connectivity index (χ0) is 11.0. The van der Waals surface area contributed by atoms with Crippen molar-refractivity contribution in [2.75, 3.05) is 5.73 Å². The Morgan fingerprint density at radius 2 is 2.00 bits per heavy atom. The van der Waals surface area contributed by atoms with Gasteiger partial charge in [0.2, 0.25) is 0 Å². The summed E-state index contributed by atoms with van der Waals surface area (Å²) in [7, 11) is 0. The molecule has 0 fully saturated rings. The molecule has 2 aromatic rings. The van der Waals surface area contributed by atoms with E-state index in [1.165, 1.54) is 6.07 Å². The van der Waals surface area contributed by atoms with Crippen molar-refractivity contribution < 1.29 is 10.2 Å². The summed E-state index contributed by atoms with van der Waals surface area (Å²) in [5.74, 6) is 0.125. The van der Waals surface area contributed by atoms with E-state index in [1.807, 2.05) is 0 Å². The van der Waals surface area contributed by atoms with Crippen molar-refractivity contribution in [3.05, 3.63) is 23.8 Å². The summed E-state index contributed by atoms with van der Waals surface area (Å²) in [6, 6.07) is 4.85. The predicted molar refractivity (Wildman–Crippen MR) is 56.5 cm³/mol. The number of phenolic OH excluding ortho intramolecular Hbond substituents is 2. The molecule has 15 heavy (non-hydrogen) atoms. The van der Waals surface area contributed by atoms with Gasteiger partial charge in [-0.1, -0.05) is 0 Å². The van der Waals surface area contributed by atoms with Gasteiger partial charge in [0.15, 0.2) is 11.5 Å². The first-order valence-corrected chi connectivity index (χ1v) is 4.42. The lowest BCUT2D eigenvalue weighted by molar-refractivity contribution is 0.401. The minimum Gasteiger partial charge on any atom is -0.504 e. The quantitative estimate of drug-likeness (QED) is 0.529. The number of nitrogen functional groups attached to an aromatic ring is 1. The van der Waals surface area contributed by atoms with Crippen LogP contribution in [0.3, 0.4) is 0 Å². The molecular weight excluding hydrogens is 194 g/mol. The van der Waals surface area contributed by atoms with Crippen molar-refractivity contribution in [3.8, 4) is 22.8 Å². The van der Waals surface area contributed by atoms with Gasteiger partial charge in [-0.3, -0.25) is 5.10 Å². The molecule has 0 amide bonds. The second kappa shape index (κ2) is 3.20. The zero-order valence-corrected chi connectivity index (χ0v) is 8.15. The molecule has 5 heteroatoms. The normalized spacial score (nSPS) is 10.5. The SMILES string of the molecule is Cc1cc(-c2cc(N)n[nH]2)cc(O)c1O. The Morgan fingerprint density at radius 1 is 1.27 bits per heavy atom. The Morgan fingerprint density at radius 3 is 2.53 bits per heavy atom. The molecule has 0 saturated heterocycles. The lowest BCUT2D eigenvalue weighted by Gasteiger charge is -2.04. The highest BCUT2D eigenvalue weighted by atomic mass is 16.3. The van der Waals surface area contributed by atoms with E-state index in [-0.39, 0.29) is 11.5 Å². The lowest BCUT2D eigenvalue weighted by atomic mass is 10.1. The van der Waals surface area contributed by atoms with E-state index in [1.54, 1.807) is 19.1 Å². The smallest absolute Gasteiger partial charge is 0.160 e. The van der Waals surface area contributed by atoms with Crippen LogP contribution in [0.2, 0.25) is 0 Å². The minimum atomic E-state index is -0.154. The van der Waals surface area contributed by atoms with Crippen LogP contribution in [0, 0.1) is 6.92 Å². The molecule has 0 bridgehead atoms. The van der Waals surface area contributed by atoms with Crippen molar-refractivity contribution in [1.82, 2.24) is 10.2 Å². The predicted octanol–water partition coefficient (Wildman–Crippen LogP) is 1.38. The highest BCUT2D eigenvalue weighted by molar-refractivity contribution is 5.67. The fourth-order valence-electron chi connectivity index (χ4n) is 1.40. The standard InChI is InChI=1S/C10H11N3O2/c1-5-2-6(3-8(14)10(5)15)7-4-9(11)13-12-7/h2-4,14-15H,1H3,(H3,11,12,13). The Kier molecular flexibility index (Phi) is 2.00. The van der Waals surface area contributed by atoms with Crippen molar-refractivity contribution >= 4 is 5.82 Å². The summed E-state index contributed by atoms with van der Waals surface area (Å²) in [5.41, 5.74) is 7.49. The van der Waals surface area contributed by atoms with Crippen LogP contribution in [0.4, 0.5) is 5.82 Å². The number of aryl methyl sites for hydroxylation is 1. The number of benzene rings is 1. The number of H-pyrrole nitrogens is 1. The Balaban J connectivity index is 2.55. The maximum atomic E-state index is 9.43. The molecule has 5 N–H and O–H groups in total. The van der Waals surface area contributed by atoms with Crippen LogP contribution in [0.25, 0.3) is 11.3 Å². The molecule has 0 aliphatic rings. The van der Waals surface area contributed by atoms with E-state index in [4.69, 9.17) is 5.73 Å². The third-order valence-electron chi connectivity index (χ3n) is 2.19. The van der Waals surface area contributed by atoms with Crippen LogP contribution < -0.4 is 5.73 Å². The number of aromatic nitrogens is 2. The van der Waals surface area contributed by atoms with Crippen molar-refractivity contribution in [1.29, 1.82) is 0 Å². The topological polar surface area (TPSA) is 95.2 Å². The van der Waals surface area contributed by atoms with Crippen molar-refractivity contribution in [3.63, 3.8) is 0 Å². The summed E-state index contributed by atoms with van der Waals surface area (Å²) in [4.78, 5) is 0. The molecule has 5 nitrogen and oxygen atoms in total. The monoisotopic (exact) mass is 205 g/mol. The second-order valence-electron chi connectivity index (χ2n) is 3.37. The lowest BCUT2D eigenvalue weighted by Crippen LogP contribution is -1.82. The zero-order valence-electron chi connectivity index (χ0n) is 8.15. The van der Waals surface area contributed by atoms with Gasteiger partial charge >= 0.3 is 0 Å². The first-order valence-electron chi connectivity index (χ1n) is 4.42. The van der Waals surface area contributed by atoms with Gasteiger partial charge in [0.05, 0.1) is 5.69 Å². The summed E-state index contributed by atoms with van der Waals surface area (Å²) in [6.07, 6.45) is 0. The van der Waals surface area contributed by atoms with Gasteiger partial charge in [-0.05, 0) is 24.6 Å². The molecule has 0 aliphatic carbocycles. The highest BCUT2D eigenvalue weighted by Crippen LogP contribution is 2.33. The Bertz CT molecular complexity index is 482. The first-order chi connectivity index (χ1) is 7.08. The van der Waals surface area contributed by atoms with E-state index < -0.39 is 0 Å².